The highest BCUT2D eigenvalue weighted by Gasteiger charge is 2.19. The average molecular weight is 392 g/mol. The van der Waals surface area contributed by atoms with Gasteiger partial charge in [0, 0.05) is 6.42 Å². The Morgan fingerprint density at radius 2 is 2.18 bits per heavy atom. The van der Waals surface area contributed by atoms with Crippen LogP contribution in [0.1, 0.15) is 26.2 Å². The Morgan fingerprint density at radius 3 is 2.82 bits per heavy atom. The van der Waals surface area contributed by atoms with E-state index < -0.39 is 18.0 Å². The summed E-state index contributed by atoms with van der Waals surface area (Å²) in [5.74, 6) is -1.44. The van der Waals surface area contributed by atoms with Gasteiger partial charge in [0.25, 0.3) is 0 Å². The predicted molar refractivity (Wildman–Crippen MR) is 85.6 cm³/mol. The lowest BCUT2D eigenvalue weighted by atomic mass is 10.1. The number of carbonyl (C=O) groups excluding carboxylic acids is 1. The van der Waals surface area contributed by atoms with Crippen LogP contribution in [0.15, 0.2) is 32.9 Å². The van der Waals surface area contributed by atoms with E-state index in [1.807, 2.05) is 0 Å². The molecule has 0 saturated carbocycles. The molecule has 22 heavy (non-hydrogen) atoms. The van der Waals surface area contributed by atoms with Crippen molar-refractivity contribution < 1.29 is 19.4 Å². The molecule has 0 fully saturated rings. The third kappa shape index (κ3) is 6.11. The molecule has 0 heterocycles. The Kier molecular flexibility index (Phi) is 8.05. The number of ether oxygens (including phenoxy) is 1. The Hall–Kier alpha value is -1.47. The summed E-state index contributed by atoms with van der Waals surface area (Å²) in [5.41, 5.74) is 0.486. The molecule has 0 radical (unpaired) electrons. The van der Waals surface area contributed by atoms with Gasteiger partial charge in [0.05, 0.1) is 16.1 Å². The molecule has 0 aliphatic heterocycles. The van der Waals surface area contributed by atoms with Crippen molar-refractivity contribution >= 4 is 45.2 Å². The van der Waals surface area contributed by atoms with Crippen molar-refractivity contribution in [3.8, 4) is 0 Å². The highest BCUT2D eigenvalue weighted by Crippen LogP contribution is 2.32. The third-order valence-corrected chi connectivity index (χ3v) is 4.04. The Labute approximate surface area is 141 Å². The van der Waals surface area contributed by atoms with Crippen molar-refractivity contribution in [2.45, 2.75) is 32.2 Å². The minimum Gasteiger partial charge on any atom is -0.481 e. The van der Waals surface area contributed by atoms with Crippen molar-refractivity contribution in [3.05, 3.63) is 27.7 Å². The summed E-state index contributed by atoms with van der Waals surface area (Å²) < 4.78 is 5.50. The van der Waals surface area contributed by atoms with Gasteiger partial charge < -0.3 is 9.84 Å². The van der Waals surface area contributed by atoms with Crippen LogP contribution in [0.2, 0.25) is 5.02 Å². The SMILES string of the molecule is CCOC(=O)C(CCCC(=O)O)N=Nc1cccc(Cl)c1Br. The topological polar surface area (TPSA) is 88.3 Å². The first kappa shape index (κ1) is 18.6. The van der Waals surface area contributed by atoms with Crippen molar-refractivity contribution in [1.82, 2.24) is 0 Å². The molecular formula is C14H16BrClN2O4. The normalized spacial score (nSPS) is 12.3. The van der Waals surface area contributed by atoms with Crippen LogP contribution in [0, 0.1) is 0 Å². The molecule has 0 saturated heterocycles. The molecule has 8 heteroatoms. The van der Waals surface area contributed by atoms with Crippen LogP contribution >= 0.6 is 27.5 Å². The molecule has 0 aliphatic carbocycles. The fourth-order valence-electron chi connectivity index (χ4n) is 1.61. The maximum absolute atomic E-state index is 11.8. The van der Waals surface area contributed by atoms with E-state index >= 15 is 0 Å². The number of carboxylic acids is 1. The van der Waals surface area contributed by atoms with E-state index in [9.17, 15) is 9.59 Å². The first-order valence-electron chi connectivity index (χ1n) is 6.69. The van der Waals surface area contributed by atoms with Crippen molar-refractivity contribution in [2.24, 2.45) is 10.2 Å². The maximum Gasteiger partial charge on any atom is 0.332 e. The van der Waals surface area contributed by atoms with Crippen molar-refractivity contribution in [1.29, 1.82) is 0 Å². The van der Waals surface area contributed by atoms with Crippen LogP contribution in [0.4, 0.5) is 5.69 Å². The second kappa shape index (κ2) is 9.53. The maximum atomic E-state index is 11.8. The number of carboxylic acid groups (broad SMARTS) is 1. The minimum absolute atomic E-state index is 0.0354. The van der Waals surface area contributed by atoms with Gasteiger partial charge >= 0.3 is 11.9 Å². The summed E-state index contributed by atoms with van der Waals surface area (Å²) in [7, 11) is 0. The van der Waals surface area contributed by atoms with E-state index in [4.69, 9.17) is 21.4 Å². The third-order valence-electron chi connectivity index (χ3n) is 2.66. The Morgan fingerprint density at radius 1 is 1.45 bits per heavy atom. The summed E-state index contributed by atoms with van der Waals surface area (Å²) in [6, 6.07) is 4.27. The van der Waals surface area contributed by atoms with E-state index in [2.05, 4.69) is 26.2 Å². The van der Waals surface area contributed by atoms with E-state index in [0.717, 1.165) is 0 Å². The second-order valence-electron chi connectivity index (χ2n) is 4.34. The summed E-state index contributed by atoms with van der Waals surface area (Å²) in [6.45, 7) is 1.92. The number of benzene rings is 1. The molecule has 0 aromatic heterocycles. The zero-order chi connectivity index (χ0) is 16.5. The Balaban J connectivity index is 2.82. The molecule has 120 valence electrons. The zero-order valence-electron chi connectivity index (χ0n) is 12.0. The molecule has 1 N–H and O–H groups in total. The summed E-state index contributed by atoms with van der Waals surface area (Å²) in [6.07, 6.45) is 0.535. The molecule has 0 amide bonds. The fourth-order valence-corrected chi connectivity index (χ4v) is 2.12. The summed E-state index contributed by atoms with van der Waals surface area (Å²) in [4.78, 5) is 22.4. The van der Waals surface area contributed by atoms with Crippen LogP contribution < -0.4 is 0 Å². The van der Waals surface area contributed by atoms with Crippen LogP contribution in [-0.2, 0) is 14.3 Å². The number of nitrogens with zero attached hydrogens (tertiary/aromatic N) is 2. The zero-order valence-corrected chi connectivity index (χ0v) is 14.3. The molecule has 0 spiro atoms. The molecule has 1 aromatic rings. The molecule has 1 aromatic carbocycles. The lowest BCUT2D eigenvalue weighted by Gasteiger charge is -2.09. The molecule has 1 rings (SSSR count). The second-order valence-corrected chi connectivity index (χ2v) is 5.54. The number of esters is 1. The van der Waals surface area contributed by atoms with E-state index in [0.29, 0.717) is 21.6 Å². The predicted octanol–water partition coefficient (Wildman–Crippen LogP) is 4.37. The van der Waals surface area contributed by atoms with Crippen LogP contribution in [0.5, 0.6) is 0 Å². The minimum atomic E-state index is -0.919. The Bertz CT molecular complexity index is 566. The van der Waals surface area contributed by atoms with Crippen LogP contribution in [0.25, 0.3) is 0 Å². The van der Waals surface area contributed by atoms with E-state index in [1.54, 1.807) is 25.1 Å². The number of azo groups is 1. The number of aliphatic carboxylic acids is 1. The first-order valence-corrected chi connectivity index (χ1v) is 7.86. The fraction of sp³-hybridized carbons (Fsp3) is 0.429. The van der Waals surface area contributed by atoms with Gasteiger partial charge in [-0.05, 0) is 47.8 Å². The van der Waals surface area contributed by atoms with E-state index in [1.165, 1.54) is 0 Å². The molecule has 1 unspecified atom stereocenters. The van der Waals surface area contributed by atoms with Crippen LogP contribution in [-0.4, -0.2) is 29.7 Å². The van der Waals surface area contributed by atoms with Gasteiger partial charge in [0.2, 0.25) is 0 Å². The number of carbonyl (C=O) groups is 2. The number of hydrogen-bond donors (Lipinski definition) is 1. The number of rotatable bonds is 8. The average Bonchev–Trinajstić information content (AvgIpc) is 2.46. The highest BCUT2D eigenvalue weighted by atomic mass is 79.9. The van der Waals surface area contributed by atoms with Gasteiger partial charge in [-0.1, -0.05) is 17.7 Å². The smallest absolute Gasteiger partial charge is 0.332 e. The monoisotopic (exact) mass is 390 g/mol. The number of halogens is 2. The van der Waals surface area contributed by atoms with Crippen LogP contribution in [0.3, 0.4) is 0 Å². The molecule has 0 bridgehead atoms. The quantitative estimate of drug-likeness (QED) is 0.526. The van der Waals surface area contributed by atoms with Gasteiger partial charge in [-0.2, -0.15) is 10.2 Å². The van der Waals surface area contributed by atoms with Gasteiger partial charge in [-0.25, -0.2) is 4.79 Å². The largest absolute Gasteiger partial charge is 0.481 e. The summed E-state index contributed by atoms with van der Waals surface area (Å²) >= 11 is 9.24. The standard InChI is InChI=1S/C14H16BrClN2O4/c1-2-22-14(21)11(7-4-8-12(19)20)18-17-10-6-3-5-9(16)13(10)15/h3,5-6,11H,2,4,7-8H2,1H3,(H,19,20). The van der Waals surface area contributed by atoms with Crippen molar-refractivity contribution in [2.75, 3.05) is 6.61 Å². The molecular weight excluding hydrogens is 376 g/mol. The lowest BCUT2D eigenvalue weighted by molar-refractivity contribution is -0.145. The molecule has 1 atom stereocenters. The first-order chi connectivity index (χ1) is 10.5. The highest BCUT2D eigenvalue weighted by molar-refractivity contribution is 9.10. The van der Waals surface area contributed by atoms with Gasteiger partial charge in [-0.15, -0.1) is 0 Å². The van der Waals surface area contributed by atoms with Gasteiger partial charge in [-0.3, -0.25) is 4.79 Å². The number of hydrogen-bond acceptors (Lipinski definition) is 5. The summed E-state index contributed by atoms with van der Waals surface area (Å²) in [5, 5.41) is 17.1. The lowest BCUT2D eigenvalue weighted by Crippen LogP contribution is -2.21. The van der Waals surface area contributed by atoms with Gasteiger partial charge in [0.1, 0.15) is 5.69 Å². The van der Waals surface area contributed by atoms with E-state index in [-0.39, 0.29) is 19.4 Å². The van der Waals surface area contributed by atoms with Crippen molar-refractivity contribution in [3.63, 3.8) is 0 Å². The molecule has 6 nitrogen and oxygen atoms in total. The van der Waals surface area contributed by atoms with Gasteiger partial charge in [0.15, 0.2) is 6.04 Å². The molecule has 0 aliphatic rings.